The van der Waals surface area contributed by atoms with Gasteiger partial charge in [0.25, 0.3) is 0 Å². The Morgan fingerprint density at radius 2 is 2.17 bits per heavy atom. The summed E-state index contributed by atoms with van der Waals surface area (Å²) in [5.41, 5.74) is 0.768. The van der Waals surface area contributed by atoms with E-state index in [4.69, 9.17) is 5.11 Å². The number of aliphatic carboxylic acids is 1. The molecule has 0 fully saturated rings. The van der Waals surface area contributed by atoms with E-state index in [1.165, 1.54) is 11.3 Å². The zero-order valence-corrected chi connectivity index (χ0v) is 11.4. The largest absolute Gasteiger partial charge is 0.480 e. The summed E-state index contributed by atoms with van der Waals surface area (Å²) in [4.78, 5) is 26.6. The fraction of sp³-hybridized carbons (Fsp3) is 0.545. The number of carbonyl (C=O) groups excluding carboxylic acids is 1. The molecule has 6 nitrogen and oxygen atoms in total. The van der Waals surface area contributed by atoms with Gasteiger partial charge in [0.05, 0.1) is 17.2 Å². The van der Waals surface area contributed by atoms with Crippen molar-refractivity contribution in [3.05, 3.63) is 16.1 Å². The number of amides is 2. The summed E-state index contributed by atoms with van der Waals surface area (Å²) in [6, 6.07) is -1.39. The van der Waals surface area contributed by atoms with Crippen molar-refractivity contribution in [2.75, 3.05) is 0 Å². The molecule has 1 rings (SSSR count). The van der Waals surface area contributed by atoms with Crippen LogP contribution in [0.5, 0.6) is 0 Å². The number of nitrogens with zero attached hydrogens (tertiary/aromatic N) is 1. The lowest BCUT2D eigenvalue weighted by molar-refractivity contribution is -0.140. The first kappa shape index (κ1) is 14.4. The van der Waals surface area contributed by atoms with Crippen molar-refractivity contribution in [3.63, 3.8) is 0 Å². The molecule has 0 saturated heterocycles. The number of rotatable bonds is 5. The molecule has 0 aromatic carbocycles. The molecule has 1 atom stereocenters. The van der Waals surface area contributed by atoms with Crippen molar-refractivity contribution in [2.24, 2.45) is 5.92 Å². The predicted octanol–water partition coefficient (Wildman–Crippen LogP) is 1.36. The first-order chi connectivity index (χ1) is 8.40. The second kappa shape index (κ2) is 6.34. The summed E-state index contributed by atoms with van der Waals surface area (Å²) in [7, 11) is 0. The van der Waals surface area contributed by atoms with E-state index in [-0.39, 0.29) is 5.92 Å². The van der Waals surface area contributed by atoms with Gasteiger partial charge in [-0.05, 0) is 12.8 Å². The number of carboxylic acid groups (broad SMARTS) is 1. The lowest BCUT2D eigenvalue weighted by Crippen LogP contribution is -2.48. The average molecular weight is 271 g/mol. The van der Waals surface area contributed by atoms with Gasteiger partial charge >= 0.3 is 12.0 Å². The number of nitrogens with one attached hydrogen (secondary N) is 2. The summed E-state index contributed by atoms with van der Waals surface area (Å²) < 4.78 is 0. The third kappa shape index (κ3) is 4.33. The maximum absolute atomic E-state index is 11.5. The maximum atomic E-state index is 11.5. The van der Waals surface area contributed by atoms with Crippen molar-refractivity contribution in [1.29, 1.82) is 0 Å². The van der Waals surface area contributed by atoms with Crippen LogP contribution in [0.4, 0.5) is 4.79 Å². The molecule has 0 aliphatic carbocycles. The van der Waals surface area contributed by atoms with Crippen LogP contribution in [0.15, 0.2) is 5.38 Å². The van der Waals surface area contributed by atoms with Gasteiger partial charge in [-0.1, -0.05) is 13.8 Å². The summed E-state index contributed by atoms with van der Waals surface area (Å²) in [5.74, 6) is -1.21. The molecule has 1 aromatic rings. The number of aryl methyl sites for hydroxylation is 1. The SMILES string of the molecule is Cc1nc(CNC(=O)N[C@@H](C(=O)O)C(C)C)cs1. The fourth-order valence-electron chi connectivity index (χ4n) is 1.37. The number of carboxylic acids is 1. The molecule has 0 saturated carbocycles. The monoisotopic (exact) mass is 271 g/mol. The Labute approximate surface area is 109 Å². The highest BCUT2D eigenvalue weighted by molar-refractivity contribution is 7.09. The van der Waals surface area contributed by atoms with Gasteiger partial charge in [-0.15, -0.1) is 11.3 Å². The summed E-state index contributed by atoms with van der Waals surface area (Å²) in [6.45, 7) is 5.65. The summed E-state index contributed by atoms with van der Waals surface area (Å²) in [5, 5.41) is 16.7. The van der Waals surface area contributed by atoms with E-state index >= 15 is 0 Å². The van der Waals surface area contributed by atoms with Crippen LogP contribution in [0.2, 0.25) is 0 Å². The normalized spacial score (nSPS) is 12.2. The minimum atomic E-state index is -1.04. The number of aromatic nitrogens is 1. The molecule has 1 aromatic heterocycles. The third-order valence-corrected chi connectivity index (χ3v) is 3.14. The molecule has 0 spiro atoms. The van der Waals surface area contributed by atoms with Crippen LogP contribution in [0.1, 0.15) is 24.5 Å². The van der Waals surface area contributed by atoms with Crippen LogP contribution in [0.25, 0.3) is 0 Å². The highest BCUT2D eigenvalue weighted by Crippen LogP contribution is 2.07. The molecule has 0 radical (unpaired) electrons. The van der Waals surface area contributed by atoms with Crippen LogP contribution in [-0.4, -0.2) is 28.1 Å². The molecule has 0 unspecified atom stereocenters. The van der Waals surface area contributed by atoms with E-state index < -0.39 is 18.0 Å². The highest BCUT2D eigenvalue weighted by atomic mass is 32.1. The standard InChI is InChI=1S/C11H17N3O3S/c1-6(2)9(10(15)16)14-11(17)12-4-8-5-18-7(3)13-8/h5-6,9H,4H2,1-3H3,(H,15,16)(H2,12,14,17)/t9-/m1/s1. The molecule has 18 heavy (non-hydrogen) atoms. The lowest BCUT2D eigenvalue weighted by Gasteiger charge is -2.17. The maximum Gasteiger partial charge on any atom is 0.326 e. The third-order valence-electron chi connectivity index (χ3n) is 2.32. The number of thiazole rings is 1. The Balaban J connectivity index is 2.43. The smallest absolute Gasteiger partial charge is 0.326 e. The van der Waals surface area contributed by atoms with Crippen LogP contribution in [0, 0.1) is 12.8 Å². The van der Waals surface area contributed by atoms with Crippen molar-refractivity contribution in [1.82, 2.24) is 15.6 Å². The minimum Gasteiger partial charge on any atom is -0.480 e. The molecule has 3 N–H and O–H groups in total. The lowest BCUT2D eigenvalue weighted by atomic mass is 10.1. The Hall–Kier alpha value is -1.63. The van der Waals surface area contributed by atoms with Crippen LogP contribution >= 0.6 is 11.3 Å². The van der Waals surface area contributed by atoms with Gasteiger partial charge in [-0.2, -0.15) is 0 Å². The van der Waals surface area contributed by atoms with E-state index in [9.17, 15) is 9.59 Å². The molecule has 0 bridgehead atoms. The van der Waals surface area contributed by atoms with E-state index in [2.05, 4.69) is 15.6 Å². The van der Waals surface area contributed by atoms with Gasteiger partial charge < -0.3 is 15.7 Å². The van der Waals surface area contributed by atoms with Crippen molar-refractivity contribution in [2.45, 2.75) is 33.4 Å². The topological polar surface area (TPSA) is 91.3 Å². The molecule has 100 valence electrons. The van der Waals surface area contributed by atoms with E-state index in [1.807, 2.05) is 12.3 Å². The number of carbonyl (C=O) groups is 2. The van der Waals surface area contributed by atoms with Gasteiger partial charge in [0, 0.05) is 5.38 Å². The van der Waals surface area contributed by atoms with Crippen LogP contribution in [-0.2, 0) is 11.3 Å². The Bertz CT molecular complexity index is 431. The number of hydrogen-bond donors (Lipinski definition) is 3. The van der Waals surface area contributed by atoms with E-state index in [1.54, 1.807) is 13.8 Å². The Morgan fingerprint density at radius 1 is 1.50 bits per heavy atom. The first-order valence-electron chi connectivity index (χ1n) is 5.58. The van der Waals surface area contributed by atoms with Gasteiger partial charge in [0.15, 0.2) is 0 Å². The highest BCUT2D eigenvalue weighted by Gasteiger charge is 2.23. The Kier molecular flexibility index (Phi) is 5.08. The van der Waals surface area contributed by atoms with Gasteiger partial charge in [0.1, 0.15) is 6.04 Å². The molecular weight excluding hydrogens is 254 g/mol. The Morgan fingerprint density at radius 3 is 2.61 bits per heavy atom. The second-order valence-electron chi connectivity index (χ2n) is 4.24. The molecular formula is C11H17N3O3S. The fourth-order valence-corrected chi connectivity index (χ4v) is 1.98. The molecule has 0 aliphatic rings. The van der Waals surface area contributed by atoms with Gasteiger partial charge in [0.2, 0.25) is 0 Å². The summed E-state index contributed by atoms with van der Waals surface area (Å²) >= 11 is 1.50. The molecule has 0 aliphatic heterocycles. The number of urea groups is 1. The average Bonchev–Trinajstić information content (AvgIpc) is 2.68. The molecule has 1 heterocycles. The predicted molar refractivity (Wildman–Crippen MR) is 68.5 cm³/mol. The van der Waals surface area contributed by atoms with E-state index in [0.29, 0.717) is 6.54 Å². The van der Waals surface area contributed by atoms with Crippen molar-refractivity contribution >= 4 is 23.3 Å². The van der Waals surface area contributed by atoms with Gasteiger partial charge in [-0.3, -0.25) is 0 Å². The van der Waals surface area contributed by atoms with E-state index in [0.717, 1.165) is 10.7 Å². The first-order valence-corrected chi connectivity index (χ1v) is 6.46. The molecule has 2 amide bonds. The van der Waals surface area contributed by atoms with Crippen molar-refractivity contribution < 1.29 is 14.7 Å². The van der Waals surface area contributed by atoms with Crippen LogP contribution < -0.4 is 10.6 Å². The summed E-state index contributed by atoms with van der Waals surface area (Å²) in [6.07, 6.45) is 0. The second-order valence-corrected chi connectivity index (χ2v) is 5.31. The zero-order chi connectivity index (χ0) is 13.7. The minimum absolute atomic E-state index is 0.172. The van der Waals surface area contributed by atoms with Crippen molar-refractivity contribution in [3.8, 4) is 0 Å². The quantitative estimate of drug-likeness (QED) is 0.754. The van der Waals surface area contributed by atoms with Crippen LogP contribution in [0.3, 0.4) is 0 Å². The molecule has 7 heteroatoms. The zero-order valence-electron chi connectivity index (χ0n) is 10.6. The number of hydrogen-bond acceptors (Lipinski definition) is 4. The van der Waals surface area contributed by atoms with Gasteiger partial charge in [-0.25, -0.2) is 14.6 Å².